The number of rotatable bonds is 42. The Bertz CT molecular complexity index is 960. The maximum Gasteiger partial charge on any atom is 0.305 e. The van der Waals surface area contributed by atoms with E-state index >= 15 is 0 Å². The highest BCUT2D eigenvalue weighted by Crippen LogP contribution is 2.19. The minimum atomic E-state index is -0.865. The highest BCUT2D eigenvalue weighted by molar-refractivity contribution is 5.69. The van der Waals surface area contributed by atoms with Crippen LogP contribution in [-0.4, -0.2) is 176 Å². The quantitative estimate of drug-likeness (QED) is 0.0556. The van der Waals surface area contributed by atoms with Crippen molar-refractivity contribution in [3.05, 3.63) is 24.3 Å². The van der Waals surface area contributed by atoms with Crippen LogP contribution in [0.2, 0.25) is 0 Å². The van der Waals surface area contributed by atoms with E-state index in [4.69, 9.17) is 72.4 Å². The van der Waals surface area contributed by atoms with Gasteiger partial charge in [0, 0.05) is 12.8 Å². The van der Waals surface area contributed by atoms with Crippen LogP contribution >= 0.6 is 0 Å². The molecule has 0 aromatic heterocycles. The maximum atomic E-state index is 11.5. The third-order valence-electron chi connectivity index (χ3n) is 6.64. The second kappa shape index (κ2) is 39.0. The predicted octanol–water partition coefficient (Wildman–Crippen LogP) is 2.02. The number of hydrogen-bond acceptors (Lipinski definition) is 16. The van der Waals surface area contributed by atoms with Crippen LogP contribution in [-0.2, 0) is 66.4 Å². The molecule has 0 saturated heterocycles. The number of ether oxygens (including phenoxy) is 13. The van der Waals surface area contributed by atoms with Gasteiger partial charge in [0.2, 0.25) is 0 Å². The minimum Gasteiger partial charge on any atom is -0.489 e. The molecule has 0 heterocycles. The van der Waals surface area contributed by atoms with Gasteiger partial charge < -0.3 is 72.4 Å². The summed E-state index contributed by atoms with van der Waals surface area (Å²) in [6, 6.07) is 7.36. The summed E-state index contributed by atoms with van der Waals surface area (Å²) in [5.74, 6) is -0.554. The zero-order valence-corrected chi connectivity index (χ0v) is 31.3. The minimum absolute atomic E-state index is 0.0574. The molecule has 308 valence electrons. The van der Waals surface area contributed by atoms with Gasteiger partial charge in [-0.15, -0.1) is 0 Å². The summed E-state index contributed by atoms with van der Waals surface area (Å²) in [4.78, 5) is 21.9. The molecule has 0 atom stereocenters. The Morgan fingerprint density at radius 2 is 0.736 bits per heavy atom. The average molecular weight is 766 g/mol. The van der Waals surface area contributed by atoms with Crippen molar-refractivity contribution in [2.45, 2.75) is 25.7 Å². The van der Waals surface area contributed by atoms with Crippen molar-refractivity contribution in [1.82, 2.24) is 0 Å². The van der Waals surface area contributed by atoms with Gasteiger partial charge in [0.1, 0.15) is 19.0 Å². The number of esters is 1. The molecule has 53 heavy (non-hydrogen) atoms. The molecule has 0 radical (unpaired) electrons. The van der Waals surface area contributed by atoms with Crippen molar-refractivity contribution in [2.75, 3.05) is 164 Å². The zero-order valence-electron chi connectivity index (χ0n) is 31.3. The standard InChI is InChI=1S/C36H63NO16/c37-33-5-1-2-6-34(33)52-31-29-50-27-25-48-23-21-46-19-17-44-15-13-42-11-9-41-10-12-43-14-16-45-18-20-47-22-24-49-26-28-51-30-32-53-36(40)8-4-3-7-35(38)39/h1-2,5-6H,3-4,7-32,37H2,(H,38,39). The molecule has 1 aromatic rings. The Balaban J connectivity index is 1.63. The third kappa shape index (κ3) is 36.1. The van der Waals surface area contributed by atoms with E-state index in [1.807, 2.05) is 18.2 Å². The van der Waals surface area contributed by atoms with Crippen LogP contribution in [0.4, 0.5) is 5.69 Å². The SMILES string of the molecule is Nc1ccccc1OCCOCCOCCOCCOCCOCCOCCOCCOCCOCCOCCOCCOC(=O)CCCCC(=O)O. The summed E-state index contributed by atoms with van der Waals surface area (Å²) >= 11 is 0. The van der Waals surface area contributed by atoms with Crippen molar-refractivity contribution >= 4 is 17.6 Å². The highest BCUT2D eigenvalue weighted by atomic mass is 16.6. The molecule has 1 aromatic carbocycles. The van der Waals surface area contributed by atoms with Gasteiger partial charge in [-0.1, -0.05) is 12.1 Å². The number of nitrogens with two attached hydrogens (primary N) is 1. The van der Waals surface area contributed by atoms with Crippen LogP contribution in [0.15, 0.2) is 24.3 Å². The van der Waals surface area contributed by atoms with E-state index in [2.05, 4.69) is 0 Å². The van der Waals surface area contributed by atoms with Crippen LogP contribution in [0.25, 0.3) is 0 Å². The fourth-order valence-electron chi connectivity index (χ4n) is 3.96. The summed E-state index contributed by atoms with van der Waals surface area (Å²) in [6.45, 7) is 10.7. The summed E-state index contributed by atoms with van der Waals surface area (Å²) < 4.78 is 70.6. The number of nitrogen functional groups attached to an aromatic ring is 1. The van der Waals surface area contributed by atoms with E-state index in [0.717, 1.165) is 0 Å². The van der Waals surface area contributed by atoms with Gasteiger partial charge in [-0.2, -0.15) is 0 Å². The molecule has 0 aliphatic carbocycles. The van der Waals surface area contributed by atoms with Gasteiger partial charge in [-0.05, 0) is 25.0 Å². The Morgan fingerprint density at radius 1 is 0.434 bits per heavy atom. The summed E-state index contributed by atoms with van der Waals surface area (Å²) in [7, 11) is 0. The molecule has 17 heteroatoms. The van der Waals surface area contributed by atoms with Gasteiger partial charge in [-0.25, -0.2) is 0 Å². The zero-order chi connectivity index (χ0) is 38.1. The van der Waals surface area contributed by atoms with Crippen LogP contribution < -0.4 is 10.5 Å². The number of carboxylic acid groups (broad SMARTS) is 1. The van der Waals surface area contributed by atoms with Crippen molar-refractivity contribution in [3.8, 4) is 5.75 Å². The lowest BCUT2D eigenvalue weighted by molar-refractivity contribution is -0.146. The number of carboxylic acids is 1. The first-order chi connectivity index (χ1) is 26.1. The number of carbonyl (C=O) groups is 2. The van der Waals surface area contributed by atoms with Crippen LogP contribution in [0.3, 0.4) is 0 Å². The molecule has 0 aliphatic rings. The molecule has 0 aliphatic heterocycles. The summed E-state index contributed by atoms with van der Waals surface area (Å²) in [5.41, 5.74) is 6.43. The first kappa shape index (κ1) is 48.3. The van der Waals surface area contributed by atoms with E-state index in [1.165, 1.54) is 0 Å². The molecule has 3 N–H and O–H groups in total. The molecule has 1 rings (SSSR count). The van der Waals surface area contributed by atoms with E-state index in [9.17, 15) is 9.59 Å². The summed E-state index contributed by atoms with van der Waals surface area (Å²) in [6.07, 6.45) is 1.22. The van der Waals surface area contributed by atoms with Crippen molar-refractivity contribution < 1.29 is 76.3 Å². The first-order valence-corrected chi connectivity index (χ1v) is 18.3. The van der Waals surface area contributed by atoms with Gasteiger partial charge in [0.15, 0.2) is 0 Å². The molecule has 0 spiro atoms. The maximum absolute atomic E-state index is 11.5. The number of benzene rings is 1. The van der Waals surface area contributed by atoms with Crippen LogP contribution in [0.1, 0.15) is 25.7 Å². The third-order valence-corrected chi connectivity index (χ3v) is 6.64. The lowest BCUT2D eigenvalue weighted by Gasteiger charge is -2.10. The Kier molecular flexibility index (Phi) is 35.6. The molecule has 0 unspecified atom stereocenters. The molecule has 0 fully saturated rings. The first-order valence-electron chi connectivity index (χ1n) is 18.3. The molecule has 0 amide bonds. The molecule has 0 saturated carbocycles. The van der Waals surface area contributed by atoms with Gasteiger partial charge >= 0.3 is 11.9 Å². The largest absolute Gasteiger partial charge is 0.489 e. The second-order valence-electron chi connectivity index (χ2n) is 10.9. The molecular weight excluding hydrogens is 702 g/mol. The number of carbonyl (C=O) groups excluding carboxylic acids is 1. The molecule has 17 nitrogen and oxygen atoms in total. The monoisotopic (exact) mass is 765 g/mol. The van der Waals surface area contributed by atoms with E-state index in [1.54, 1.807) is 6.07 Å². The topological polar surface area (TPSA) is 200 Å². The predicted molar refractivity (Wildman–Crippen MR) is 192 cm³/mol. The lowest BCUT2D eigenvalue weighted by Crippen LogP contribution is -2.16. The second-order valence-corrected chi connectivity index (χ2v) is 10.9. The van der Waals surface area contributed by atoms with E-state index in [0.29, 0.717) is 170 Å². The van der Waals surface area contributed by atoms with Gasteiger partial charge in [0.25, 0.3) is 0 Å². The number of anilines is 1. The Labute approximate surface area is 313 Å². The van der Waals surface area contributed by atoms with Crippen molar-refractivity contribution in [1.29, 1.82) is 0 Å². The number of aliphatic carboxylic acids is 1. The highest BCUT2D eigenvalue weighted by Gasteiger charge is 2.04. The molecular formula is C36H63NO16. The van der Waals surface area contributed by atoms with Gasteiger partial charge in [0.05, 0.1) is 151 Å². The van der Waals surface area contributed by atoms with E-state index < -0.39 is 5.97 Å². The average Bonchev–Trinajstić information content (AvgIpc) is 3.15. The van der Waals surface area contributed by atoms with Crippen molar-refractivity contribution in [3.63, 3.8) is 0 Å². The van der Waals surface area contributed by atoms with Crippen LogP contribution in [0, 0.1) is 0 Å². The number of hydrogen-bond donors (Lipinski definition) is 2. The normalized spacial score (nSPS) is 11.2. The number of para-hydroxylation sites is 2. The Hall–Kier alpha value is -2.68. The molecule has 0 bridgehead atoms. The lowest BCUT2D eigenvalue weighted by atomic mass is 10.2. The fraction of sp³-hybridized carbons (Fsp3) is 0.778. The number of unbranched alkanes of at least 4 members (excludes halogenated alkanes) is 1. The van der Waals surface area contributed by atoms with Crippen LogP contribution in [0.5, 0.6) is 5.75 Å². The van der Waals surface area contributed by atoms with E-state index in [-0.39, 0.29) is 32.0 Å². The fourth-order valence-corrected chi connectivity index (χ4v) is 3.96. The van der Waals surface area contributed by atoms with Crippen molar-refractivity contribution in [2.24, 2.45) is 0 Å². The Morgan fingerprint density at radius 3 is 1.08 bits per heavy atom. The smallest absolute Gasteiger partial charge is 0.305 e. The summed E-state index contributed by atoms with van der Waals surface area (Å²) in [5, 5.41) is 8.56. The van der Waals surface area contributed by atoms with Gasteiger partial charge in [-0.3, -0.25) is 9.59 Å².